The molecule has 0 unspecified atom stereocenters. The molecule has 0 spiro atoms. The lowest BCUT2D eigenvalue weighted by Gasteiger charge is -2.23. The molecule has 1 aliphatic carbocycles. The van der Waals surface area contributed by atoms with Gasteiger partial charge in [0.25, 0.3) is 0 Å². The first-order valence-electron chi connectivity index (χ1n) is 13.2. The second kappa shape index (κ2) is 11.5. The highest BCUT2D eigenvalue weighted by molar-refractivity contribution is 5.99. The Morgan fingerprint density at radius 3 is 2.29 bits per heavy atom. The molecule has 6 nitrogen and oxygen atoms in total. The summed E-state index contributed by atoms with van der Waals surface area (Å²) in [5, 5.41) is 1.06. The summed E-state index contributed by atoms with van der Waals surface area (Å²) in [6.07, 6.45) is 5.80. The quantitative estimate of drug-likeness (QED) is 0.241. The maximum Gasteiger partial charge on any atom is 0.337 e. The van der Waals surface area contributed by atoms with Crippen molar-refractivity contribution in [2.45, 2.75) is 51.2 Å². The van der Waals surface area contributed by atoms with Crippen LogP contribution in [-0.4, -0.2) is 30.7 Å². The third-order valence-corrected chi connectivity index (χ3v) is 7.43. The third kappa shape index (κ3) is 5.30. The minimum absolute atomic E-state index is 0.0476. The number of ether oxygens (including phenoxy) is 3. The molecule has 0 atom stereocenters. The number of benzene rings is 3. The van der Waals surface area contributed by atoms with E-state index >= 15 is 0 Å². The number of hydrogen-bond donors (Lipinski definition) is 0. The smallest absolute Gasteiger partial charge is 0.337 e. The minimum Gasteiger partial charge on any atom is -0.489 e. The molecule has 0 saturated heterocycles. The first kappa shape index (κ1) is 25.6. The van der Waals surface area contributed by atoms with E-state index in [2.05, 4.69) is 12.1 Å². The predicted molar refractivity (Wildman–Crippen MR) is 147 cm³/mol. The predicted octanol–water partition coefficient (Wildman–Crippen LogP) is 6.89. The number of carbonyl (C=O) groups excluding carboxylic acids is 2. The van der Waals surface area contributed by atoms with Gasteiger partial charge in [0.15, 0.2) is 0 Å². The summed E-state index contributed by atoms with van der Waals surface area (Å²) in [7, 11) is 2.77. The molecule has 0 N–H and O–H groups in total. The van der Waals surface area contributed by atoms with E-state index in [-0.39, 0.29) is 12.5 Å². The lowest BCUT2D eigenvalue weighted by atomic mass is 9.82. The lowest BCUT2D eigenvalue weighted by molar-refractivity contribution is -0.141. The maximum absolute atomic E-state index is 12.6. The molecule has 196 valence electrons. The molecule has 4 aromatic rings. The van der Waals surface area contributed by atoms with Crippen LogP contribution >= 0.6 is 0 Å². The molecule has 1 saturated carbocycles. The number of esters is 2. The SMILES string of the molecule is COC(=O)Cn1c(-c2ccc(OCc3ccccc3)cc2)c(C2CCCCC2)c2ccc(C(=O)OC)cc21. The number of methoxy groups -OCH3 is 2. The van der Waals surface area contributed by atoms with Crippen LogP contribution in [0.3, 0.4) is 0 Å². The summed E-state index contributed by atoms with van der Waals surface area (Å²) in [6.45, 7) is 0.540. The van der Waals surface area contributed by atoms with Crippen molar-refractivity contribution >= 4 is 22.8 Å². The van der Waals surface area contributed by atoms with Crippen molar-refractivity contribution in [3.05, 3.63) is 89.5 Å². The van der Waals surface area contributed by atoms with E-state index in [4.69, 9.17) is 14.2 Å². The van der Waals surface area contributed by atoms with Crippen LogP contribution in [0.2, 0.25) is 0 Å². The molecular weight excluding hydrogens is 478 g/mol. The van der Waals surface area contributed by atoms with E-state index in [1.165, 1.54) is 39.0 Å². The molecule has 1 aromatic heterocycles. The van der Waals surface area contributed by atoms with E-state index in [0.717, 1.165) is 46.3 Å². The first-order valence-corrected chi connectivity index (χ1v) is 13.2. The van der Waals surface area contributed by atoms with Gasteiger partial charge in [0.1, 0.15) is 18.9 Å². The van der Waals surface area contributed by atoms with Crippen molar-refractivity contribution in [1.29, 1.82) is 0 Å². The Labute approximate surface area is 223 Å². The fraction of sp³-hybridized carbons (Fsp3) is 0.312. The van der Waals surface area contributed by atoms with Gasteiger partial charge in [-0.3, -0.25) is 4.79 Å². The number of carbonyl (C=O) groups is 2. The van der Waals surface area contributed by atoms with E-state index in [0.29, 0.717) is 18.1 Å². The van der Waals surface area contributed by atoms with Crippen LogP contribution < -0.4 is 4.74 Å². The molecule has 0 amide bonds. The van der Waals surface area contributed by atoms with Gasteiger partial charge in [-0.15, -0.1) is 0 Å². The Morgan fingerprint density at radius 2 is 1.61 bits per heavy atom. The molecule has 0 radical (unpaired) electrons. The summed E-state index contributed by atoms with van der Waals surface area (Å²) < 4.78 is 18.1. The molecule has 0 aliphatic heterocycles. The minimum atomic E-state index is -0.404. The third-order valence-electron chi connectivity index (χ3n) is 7.43. The van der Waals surface area contributed by atoms with Gasteiger partial charge in [0, 0.05) is 5.39 Å². The van der Waals surface area contributed by atoms with Gasteiger partial charge < -0.3 is 18.8 Å². The van der Waals surface area contributed by atoms with Crippen LogP contribution in [0.5, 0.6) is 5.75 Å². The highest BCUT2D eigenvalue weighted by atomic mass is 16.5. The number of nitrogens with zero attached hydrogens (tertiary/aromatic N) is 1. The van der Waals surface area contributed by atoms with Crippen molar-refractivity contribution in [3.8, 4) is 17.0 Å². The van der Waals surface area contributed by atoms with Crippen LogP contribution in [-0.2, 0) is 27.4 Å². The van der Waals surface area contributed by atoms with Crippen LogP contribution in [0.1, 0.15) is 59.5 Å². The number of rotatable bonds is 8. The Morgan fingerprint density at radius 1 is 0.868 bits per heavy atom. The van der Waals surface area contributed by atoms with Crippen LogP contribution in [0, 0.1) is 0 Å². The van der Waals surface area contributed by atoms with Crippen molar-refractivity contribution in [2.75, 3.05) is 14.2 Å². The summed E-state index contributed by atoms with van der Waals surface area (Å²) >= 11 is 0. The fourth-order valence-corrected chi connectivity index (χ4v) is 5.54. The molecule has 38 heavy (non-hydrogen) atoms. The number of aromatic nitrogens is 1. The lowest BCUT2D eigenvalue weighted by Crippen LogP contribution is -2.13. The summed E-state index contributed by atoms with van der Waals surface area (Å²) in [6, 6.07) is 23.8. The van der Waals surface area contributed by atoms with E-state index in [1.807, 2.05) is 65.2 Å². The van der Waals surface area contributed by atoms with Gasteiger partial charge in [-0.25, -0.2) is 4.79 Å². The summed E-state index contributed by atoms with van der Waals surface area (Å²) in [5.74, 6) is 0.404. The van der Waals surface area contributed by atoms with Crippen molar-refractivity contribution in [1.82, 2.24) is 4.57 Å². The first-order chi connectivity index (χ1) is 18.6. The maximum atomic E-state index is 12.6. The molecule has 1 fully saturated rings. The highest BCUT2D eigenvalue weighted by Crippen LogP contribution is 2.44. The molecule has 1 heterocycles. The topological polar surface area (TPSA) is 66.8 Å². The van der Waals surface area contributed by atoms with Gasteiger partial charge in [-0.2, -0.15) is 0 Å². The molecule has 5 rings (SSSR count). The van der Waals surface area contributed by atoms with Gasteiger partial charge in [-0.1, -0.05) is 55.7 Å². The van der Waals surface area contributed by atoms with Gasteiger partial charge in [0.05, 0.1) is 31.0 Å². The highest BCUT2D eigenvalue weighted by Gasteiger charge is 2.28. The number of fused-ring (bicyclic) bond motifs is 1. The molecule has 0 bridgehead atoms. The van der Waals surface area contributed by atoms with E-state index in [1.54, 1.807) is 0 Å². The zero-order valence-electron chi connectivity index (χ0n) is 21.9. The normalized spacial score (nSPS) is 13.8. The van der Waals surface area contributed by atoms with Crippen LogP contribution in [0.25, 0.3) is 22.2 Å². The molecule has 6 heteroatoms. The van der Waals surface area contributed by atoms with Gasteiger partial charge >= 0.3 is 11.9 Å². The van der Waals surface area contributed by atoms with E-state index < -0.39 is 5.97 Å². The average molecular weight is 512 g/mol. The Hall–Kier alpha value is -4.06. The van der Waals surface area contributed by atoms with Crippen molar-refractivity contribution in [2.24, 2.45) is 0 Å². The second-order valence-corrected chi connectivity index (χ2v) is 9.78. The van der Waals surface area contributed by atoms with Gasteiger partial charge in [-0.05, 0) is 71.8 Å². The zero-order valence-corrected chi connectivity index (χ0v) is 21.9. The average Bonchev–Trinajstić information content (AvgIpc) is 3.29. The molecule has 1 aliphatic rings. The standard InChI is InChI=1S/C32H33NO5/c1-36-29(34)20-33-28-19-25(32(35)37-2)15-18-27(28)30(23-11-7-4-8-12-23)31(33)24-13-16-26(17-14-24)38-21-22-9-5-3-6-10-22/h3,5-6,9-10,13-19,23H,4,7-8,11-12,20-21H2,1-2H3. The molecular formula is C32H33NO5. The fourth-order valence-electron chi connectivity index (χ4n) is 5.54. The second-order valence-electron chi connectivity index (χ2n) is 9.78. The van der Waals surface area contributed by atoms with Gasteiger partial charge in [0.2, 0.25) is 0 Å². The zero-order chi connectivity index (χ0) is 26.5. The summed E-state index contributed by atoms with van der Waals surface area (Å²) in [4.78, 5) is 25.0. The number of hydrogen-bond acceptors (Lipinski definition) is 5. The monoisotopic (exact) mass is 511 g/mol. The van der Waals surface area contributed by atoms with E-state index in [9.17, 15) is 9.59 Å². The Kier molecular flexibility index (Phi) is 7.78. The molecule has 3 aromatic carbocycles. The van der Waals surface area contributed by atoms with Crippen molar-refractivity contribution in [3.63, 3.8) is 0 Å². The largest absolute Gasteiger partial charge is 0.489 e. The van der Waals surface area contributed by atoms with Crippen LogP contribution in [0.4, 0.5) is 0 Å². The summed E-state index contributed by atoms with van der Waals surface area (Å²) in [5.41, 5.74) is 5.62. The Bertz CT molecular complexity index is 1420. The Balaban J connectivity index is 1.61. The van der Waals surface area contributed by atoms with Crippen molar-refractivity contribution < 1.29 is 23.8 Å². The van der Waals surface area contributed by atoms with Crippen LogP contribution in [0.15, 0.2) is 72.8 Å².